The van der Waals surface area contributed by atoms with Crippen LogP contribution in [0.5, 0.6) is 5.75 Å². The van der Waals surface area contributed by atoms with Gasteiger partial charge in [0.15, 0.2) is 42.2 Å². The SMILES string of the molecule is CCCCCCCCOc1ccc(S(=O)[C@@H]2O[C@H](CO[C@@H]3O[C@H](COC(C)=O)[C@@H](OC(C)=O)[C@H](OC(C)=O)[C@H]3N3C(=O)c4ccccc4C3=O)[C@@H](OC(=O)c3ccccc3)[C@H](OC(=O)c3ccccc3)[C@H]2OC(=O)c2ccccc2)cc1. The summed E-state index contributed by atoms with van der Waals surface area (Å²) < 4.78 is 76.8. The number of unbranched alkanes of at least 4 members (excludes halogenated alkanes) is 5. The molecule has 3 heterocycles. The number of esters is 6. The summed E-state index contributed by atoms with van der Waals surface area (Å²) in [6, 6.07) is 33.6. The number of carbonyl (C=O) groups is 8. The van der Waals surface area contributed by atoms with Gasteiger partial charge < -0.3 is 47.4 Å². The Balaban J connectivity index is 1.23. The van der Waals surface area contributed by atoms with Crippen molar-refractivity contribution >= 4 is 58.4 Å². The molecule has 5 aromatic rings. The van der Waals surface area contributed by atoms with Gasteiger partial charge >= 0.3 is 35.8 Å². The largest absolute Gasteiger partial charge is 0.494 e. The zero-order valence-electron chi connectivity index (χ0n) is 45.5. The van der Waals surface area contributed by atoms with E-state index in [4.69, 9.17) is 47.4 Å². The van der Waals surface area contributed by atoms with Crippen LogP contribution in [-0.2, 0) is 67.8 Å². The van der Waals surface area contributed by atoms with Crippen LogP contribution in [-0.4, -0.2) is 137 Å². The molecular formula is C61H63NO19S. The van der Waals surface area contributed by atoms with Crippen LogP contribution < -0.4 is 4.74 Å². The van der Waals surface area contributed by atoms with E-state index in [0.717, 1.165) is 64.2 Å². The van der Waals surface area contributed by atoms with Crippen molar-refractivity contribution in [3.05, 3.63) is 167 Å². The quantitative estimate of drug-likeness (QED) is 0.0248. The molecule has 2 amide bonds. The summed E-state index contributed by atoms with van der Waals surface area (Å²) >= 11 is 0. The van der Waals surface area contributed by atoms with Crippen molar-refractivity contribution in [2.24, 2.45) is 0 Å². The minimum absolute atomic E-state index is 0.0213. The maximum absolute atomic E-state index is 15.4. The lowest BCUT2D eigenvalue weighted by atomic mass is 9.94. The number of rotatable bonds is 24. The van der Waals surface area contributed by atoms with Gasteiger partial charge in [0.25, 0.3) is 11.8 Å². The highest BCUT2D eigenvalue weighted by molar-refractivity contribution is 7.85. The highest BCUT2D eigenvalue weighted by atomic mass is 32.2. The molecule has 2 saturated heterocycles. The van der Waals surface area contributed by atoms with Crippen molar-refractivity contribution in [3.8, 4) is 5.75 Å². The van der Waals surface area contributed by atoms with Gasteiger partial charge in [-0.15, -0.1) is 0 Å². The van der Waals surface area contributed by atoms with E-state index >= 15 is 4.21 Å². The minimum atomic E-state index is -2.37. The Bertz CT molecular complexity index is 3030. The molecule has 0 aliphatic carbocycles. The van der Waals surface area contributed by atoms with Gasteiger partial charge in [-0.3, -0.25) is 33.1 Å². The molecule has 2 fully saturated rings. The van der Waals surface area contributed by atoms with Crippen LogP contribution in [0.1, 0.15) is 118 Å². The molecule has 0 bridgehead atoms. The van der Waals surface area contributed by atoms with E-state index in [9.17, 15) is 38.4 Å². The maximum atomic E-state index is 15.4. The van der Waals surface area contributed by atoms with Gasteiger partial charge in [-0.1, -0.05) is 106 Å². The van der Waals surface area contributed by atoms with E-state index in [1.54, 1.807) is 66.7 Å². The Morgan fingerprint density at radius 1 is 0.500 bits per heavy atom. The third-order valence-electron chi connectivity index (χ3n) is 13.6. The monoisotopic (exact) mass is 1150 g/mol. The van der Waals surface area contributed by atoms with Gasteiger partial charge in [-0.2, -0.15) is 0 Å². The summed E-state index contributed by atoms with van der Waals surface area (Å²) in [5.74, 6) is -6.87. The van der Waals surface area contributed by atoms with Crippen LogP contribution in [0.2, 0.25) is 0 Å². The second kappa shape index (κ2) is 28.5. The van der Waals surface area contributed by atoms with Crippen molar-refractivity contribution in [1.82, 2.24) is 4.90 Å². The molecule has 21 heteroatoms. The first-order chi connectivity index (χ1) is 39.6. The number of benzene rings is 5. The van der Waals surface area contributed by atoms with Crippen LogP contribution in [0.15, 0.2) is 144 Å². The number of nitrogens with zero attached hydrogens (tertiary/aromatic N) is 1. The van der Waals surface area contributed by atoms with Crippen LogP contribution in [0.25, 0.3) is 0 Å². The van der Waals surface area contributed by atoms with Gasteiger partial charge in [-0.25, -0.2) is 14.4 Å². The van der Waals surface area contributed by atoms with E-state index in [1.807, 2.05) is 0 Å². The van der Waals surface area contributed by atoms with Crippen molar-refractivity contribution in [2.75, 3.05) is 19.8 Å². The van der Waals surface area contributed by atoms with Crippen LogP contribution in [0.3, 0.4) is 0 Å². The minimum Gasteiger partial charge on any atom is -0.494 e. The molecule has 0 spiro atoms. The summed E-state index contributed by atoms with van der Waals surface area (Å²) in [5, 5.41) is 0. The molecule has 0 saturated carbocycles. The zero-order valence-corrected chi connectivity index (χ0v) is 46.3. The van der Waals surface area contributed by atoms with E-state index in [1.165, 1.54) is 72.8 Å². The normalized spacial score (nSPS) is 23.3. The molecule has 82 heavy (non-hydrogen) atoms. The molecule has 5 aromatic carbocycles. The molecular weight excluding hydrogens is 1080 g/mol. The first-order valence-electron chi connectivity index (χ1n) is 26.9. The van der Waals surface area contributed by atoms with Gasteiger partial charge in [0.05, 0.1) is 51.8 Å². The maximum Gasteiger partial charge on any atom is 0.338 e. The lowest BCUT2D eigenvalue weighted by Crippen LogP contribution is -2.68. The van der Waals surface area contributed by atoms with Gasteiger partial charge in [-0.05, 0) is 79.2 Å². The fourth-order valence-electron chi connectivity index (χ4n) is 9.72. The second-order valence-corrected chi connectivity index (χ2v) is 21.0. The molecule has 432 valence electrons. The number of amides is 2. The van der Waals surface area contributed by atoms with Crippen molar-refractivity contribution in [3.63, 3.8) is 0 Å². The topological polar surface area (TPSA) is 249 Å². The van der Waals surface area contributed by atoms with Crippen LogP contribution in [0.4, 0.5) is 0 Å². The molecule has 8 rings (SSSR count). The van der Waals surface area contributed by atoms with Crippen LogP contribution >= 0.6 is 0 Å². The zero-order chi connectivity index (χ0) is 58.3. The molecule has 3 aliphatic rings. The number of carbonyl (C=O) groups excluding carboxylic acids is 8. The average Bonchev–Trinajstić information content (AvgIpc) is 2.82. The summed E-state index contributed by atoms with van der Waals surface area (Å²) in [5.41, 5.74) is -1.77. The van der Waals surface area contributed by atoms with Crippen molar-refractivity contribution in [2.45, 2.75) is 132 Å². The Morgan fingerprint density at radius 3 is 1.49 bits per heavy atom. The number of fused-ring (bicyclic) bond motifs is 1. The Kier molecular flexibility index (Phi) is 20.9. The first kappa shape index (κ1) is 60.0. The molecule has 3 aliphatic heterocycles. The first-order valence-corrected chi connectivity index (χ1v) is 28.1. The average molecular weight is 1150 g/mol. The van der Waals surface area contributed by atoms with Crippen molar-refractivity contribution in [1.29, 1.82) is 0 Å². The molecule has 20 nitrogen and oxygen atoms in total. The van der Waals surface area contributed by atoms with E-state index in [0.29, 0.717) is 12.4 Å². The fraction of sp³-hybridized carbons (Fsp3) is 0.377. The number of hydrogen-bond acceptors (Lipinski definition) is 19. The molecule has 11 atom stereocenters. The second-order valence-electron chi connectivity index (χ2n) is 19.5. The van der Waals surface area contributed by atoms with Gasteiger partial charge in [0.1, 0.15) is 30.6 Å². The highest BCUT2D eigenvalue weighted by Crippen LogP contribution is 2.39. The molecule has 0 N–H and O–H groups in total. The fourth-order valence-corrected chi connectivity index (χ4v) is 11.1. The number of imide groups is 1. The molecule has 0 radical (unpaired) electrons. The molecule has 1 unspecified atom stereocenters. The Morgan fingerprint density at radius 2 is 0.963 bits per heavy atom. The molecule has 0 aromatic heterocycles. The summed E-state index contributed by atoms with van der Waals surface area (Å²) in [7, 11) is -2.37. The third kappa shape index (κ3) is 14.9. The lowest BCUT2D eigenvalue weighted by Gasteiger charge is -2.48. The van der Waals surface area contributed by atoms with Crippen molar-refractivity contribution < 1.29 is 89.9 Å². The Labute approximate surface area is 476 Å². The summed E-state index contributed by atoms with van der Waals surface area (Å²) in [6.45, 7) is 4.30. The third-order valence-corrected chi connectivity index (χ3v) is 15.1. The van der Waals surface area contributed by atoms with Crippen LogP contribution in [0, 0.1) is 0 Å². The number of hydrogen-bond donors (Lipinski definition) is 0. The summed E-state index contributed by atoms with van der Waals surface area (Å²) in [4.78, 5) is 111. The van der Waals surface area contributed by atoms with E-state index < -0.39 is 132 Å². The predicted octanol–water partition coefficient (Wildman–Crippen LogP) is 7.77. The van der Waals surface area contributed by atoms with Gasteiger partial charge in [0, 0.05) is 25.7 Å². The lowest BCUT2D eigenvalue weighted by molar-refractivity contribution is -0.297. The summed E-state index contributed by atoms with van der Waals surface area (Å²) in [6.07, 6.45) is -7.82. The number of ether oxygens (including phenoxy) is 10. The highest BCUT2D eigenvalue weighted by Gasteiger charge is 2.59. The van der Waals surface area contributed by atoms with Gasteiger partial charge in [0.2, 0.25) is 0 Å². The standard InChI is InChI=1S/C61H63NO19S/c1-5-6-7-8-9-21-34-72-43-30-32-44(33-31-43)82(71)61-54(81-59(70)42-26-17-12-18-27-42)53(80-58(69)41-24-15-11-16-25-41)51(79-57(68)40-22-13-10-14-23-40)48(78-61)36-74-60-49(62-55(66)45-28-19-20-29-46(45)56(62)67)52(76-39(4)65)50(75-38(3)64)47(77-60)35-73-37(2)63/h10-20,22-33,47-54,60-61H,5-9,21,34-36H2,1-4H3/t47-,48-,49-,50-,51-,52-,53+,54-,60-,61+,82?/m1/s1. The predicted molar refractivity (Wildman–Crippen MR) is 290 cm³/mol. The van der Waals surface area contributed by atoms with E-state index in [-0.39, 0.29) is 32.7 Å². The van der Waals surface area contributed by atoms with E-state index in [2.05, 4.69) is 6.92 Å². The smallest absolute Gasteiger partial charge is 0.338 e. The Hall–Kier alpha value is -8.11.